The number of fused-ring (bicyclic) bond motifs is 1. The lowest BCUT2D eigenvalue weighted by Gasteiger charge is -2.27. The molecule has 0 radical (unpaired) electrons. The van der Waals surface area contributed by atoms with Crippen molar-refractivity contribution in [3.05, 3.63) is 65.5 Å². The molecule has 0 saturated carbocycles. The molecule has 2 aromatic rings. The molecule has 2 aliphatic heterocycles. The molecule has 7 heteroatoms. The van der Waals surface area contributed by atoms with Crippen LogP contribution in [0.2, 0.25) is 0 Å². The van der Waals surface area contributed by atoms with Gasteiger partial charge in [-0.25, -0.2) is 9.82 Å². The maximum atomic E-state index is 13.7. The van der Waals surface area contributed by atoms with Gasteiger partial charge in [0.15, 0.2) is 0 Å². The molecule has 2 aliphatic rings. The average Bonchev–Trinajstić information content (AvgIpc) is 2.93. The van der Waals surface area contributed by atoms with Gasteiger partial charge in [-0.1, -0.05) is 30.3 Å². The van der Waals surface area contributed by atoms with E-state index >= 15 is 0 Å². The Kier molecular flexibility index (Phi) is 5.33. The molecule has 0 bridgehead atoms. The summed E-state index contributed by atoms with van der Waals surface area (Å²) in [6.07, 6.45) is -0.0792. The summed E-state index contributed by atoms with van der Waals surface area (Å²) in [5, 5.41) is 3.22. The van der Waals surface area contributed by atoms with Crippen LogP contribution in [0.5, 0.6) is 5.75 Å². The van der Waals surface area contributed by atoms with E-state index in [1.54, 1.807) is 30.0 Å². The predicted octanol–water partition coefficient (Wildman–Crippen LogP) is 2.75. The summed E-state index contributed by atoms with van der Waals surface area (Å²) in [5.41, 5.74) is 8.09. The van der Waals surface area contributed by atoms with Crippen molar-refractivity contribution < 1.29 is 13.9 Å². The Hall–Kier alpha value is -2.09. The van der Waals surface area contributed by atoms with Gasteiger partial charge in [0.05, 0.1) is 11.9 Å². The number of ether oxygens (including phenoxy) is 1. The third-order valence-electron chi connectivity index (χ3n) is 5.05. The highest BCUT2D eigenvalue weighted by Gasteiger charge is 2.42. The van der Waals surface area contributed by atoms with Crippen LogP contribution in [0.25, 0.3) is 0 Å². The van der Waals surface area contributed by atoms with Gasteiger partial charge in [-0.3, -0.25) is 10.2 Å². The molecule has 3 N–H and O–H groups in total. The van der Waals surface area contributed by atoms with E-state index in [0.29, 0.717) is 17.1 Å². The number of hydrogen-bond acceptors (Lipinski definition) is 5. The standard InChI is InChI=1S/C20H22FN3O2S/c1-12-18-19(27-11-17(25)22-20(18)24-23-12)13-6-8-15(9-7-13)26-10-14-4-2-3-5-16(14)21/h2-9,12,18-20,23-24H,10-11H2,1H3,(H,22,25). The molecule has 2 fully saturated rings. The lowest BCUT2D eigenvalue weighted by molar-refractivity contribution is -0.119. The molecule has 4 rings (SSSR count). The highest BCUT2D eigenvalue weighted by Crippen LogP contribution is 2.42. The summed E-state index contributed by atoms with van der Waals surface area (Å²) < 4.78 is 19.4. The zero-order valence-corrected chi connectivity index (χ0v) is 15.8. The number of thioether (sulfide) groups is 1. The van der Waals surface area contributed by atoms with E-state index < -0.39 is 0 Å². The SMILES string of the molecule is CC1NNC2NC(=O)CSC(c3ccc(OCc4ccccc4F)cc3)C12. The van der Waals surface area contributed by atoms with Crippen LogP contribution in [-0.2, 0) is 11.4 Å². The van der Waals surface area contributed by atoms with Gasteiger partial charge >= 0.3 is 0 Å². The monoisotopic (exact) mass is 387 g/mol. The van der Waals surface area contributed by atoms with Crippen molar-refractivity contribution in [3.8, 4) is 5.75 Å². The summed E-state index contributed by atoms with van der Waals surface area (Å²) in [4.78, 5) is 12.0. The van der Waals surface area contributed by atoms with E-state index in [1.807, 2.05) is 24.3 Å². The largest absolute Gasteiger partial charge is 0.489 e. The predicted molar refractivity (Wildman–Crippen MR) is 104 cm³/mol. The lowest BCUT2D eigenvalue weighted by atomic mass is 9.91. The van der Waals surface area contributed by atoms with Crippen molar-refractivity contribution in [1.29, 1.82) is 0 Å². The fourth-order valence-electron chi connectivity index (χ4n) is 3.61. The molecule has 4 atom stereocenters. The van der Waals surface area contributed by atoms with Gasteiger partial charge in [0.25, 0.3) is 0 Å². The van der Waals surface area contributed by atoms with Crippen LogP contribution in [-0.4, -0.2) is 23.9 Å². The molecule has 142 valence electrons. The molecule has 2 saturated heterocycles. The Labute approximate surface area is 162 Å². The molecule has 0 aliphatic carbocycles. The highest BCUT2D eigenvalue weighted by molar-refractivity contribution is 8.00. The van der Waals surface area contributed by atoms with E-state index in [4.69, 9.17) is 4.74 Å². The van der Waals surface area contributed by atoms with Crippen molar-refractivity contribution in [1.82, 2.24) is 16.2 Å². The molecule has 5 nitrogen and oxygen atoms in total. The summed E-state index contributed by atoms with van der Waals surface area (Å²) in [5.74, 6) is 1.17. The van der Waals surface area contributed by atoms with Gasteiger partial charge in [0.2, 0.25) is 5.91 Å². The van der Waals surface area contributed by atoms with Crippen molar-refractivity contribution in [2.45, 2.75) is 31.0 Å². The molecule has 27 heavy (non-hydrogen) atoms. The molecule has 0 spiro atoms. The maximum Gasteiger partial charge on any atom is 0.231 e. The van der Waals surface area contributed by atoms with Gasteiger partial charge in [0.1, 0.15) is 18.2 Å². The second-order valence-electron chi connectivity index (χ2n) is 6.88. The van der Waals surface area contributed by atoms with Crippen molar-refractivity contribution >= 4 is 17.7 Å². The van der Waals surface area contributed by atoms with E-state index in [1.165, 1.54) is 6.07 Å². The minimum absolute atomic E-state index is 0.0470. The van der Waals surface area contributed by atoms with Crippen LogP contribution in [0.15, 0.2) is 48.5 Å². The molecule has 1 amide bonds. The van der Waals surface area contributed by atoms with Crippen LogP contribution in [0.4, 0.5) is 4.39 Å². The number of carbonyl (C=O) groups is 1. The molecule has 4 unspecified atom stereocenters. The van der Waals surface area contributed by atoms with E-state index in [2.05, 4.69) is 23.1 Å². The van der Waals surface area contributed by atoms with Gasteiger partial charge in [-0.2, -0.15) is 0 Å². The third kappa shape index (κ3) is 3.95. The van der Waals surface area contributed by atoms with Crippen LogP contribution >= 0.6 is 11.8 Å². The van der Waals surface area contributed by atoms with Crippen LogP contribution in [0.1, 0.15) is 23.3 Å². The number of carbonyl (C=O) groups excluding carboxylic acids is 1. The topological polar surface area (TPSA) is 62.4 Å². The minimum Gasteiger partial charge on any atom is -0.489 e. The molecule has 2 aromatic carbocycles. The Balaban J connectivity index is 1.48. The van der Waals surface area contributed by atoms with Crippen LogP contribution in [0.3, 0.4) is 0 Å². The van der Waals surface area contributed by atoms with Crippen molar-refractivity contribution in [3.63, 3.8) is 0 Å². The van der Waals surface area contributed by atoms with Gasteiger partial charge in [-0.15, -0.1) is 11.8 Å². The Morgan fingerprint density at radius 1 is 1.15 bits per heavy atom. The zero-order valence-electron chi connectivity index (χ0n) is 14.9. The summed E-state index contributed by atoms with van der Waals surface area (Å²) in [6.45, 7) is 2.31. The third-order valence-corrected chi connectivity index (χ3v) is 6.42. The molecule has 2 heterocycles. The first kappa shape index (κ1) is 18.3. The van der Waals surface area contributed by atoms with Gasteiger partial charge in [-0.05, 0) is 30.7 Å². The number of nitrogens with one attached hydrogen (secondary N) is 3. The number of amides is 1. The molecular weight excluding hydrogens is 365 g/mol. The van der Waals surface area contributed by atoms with E-state index in [9.17, 15) is 9.18 Å². The Morgan fingerprint density at radius 2 is 1.93 bits per heavy atom. The Bertz CT molecular complexity index is 817. The summed E-state index contributed by atoms with van der Waals surface area (Å²) >= 11 is 1.66. The average molecular weight is 387 g/mol. The van der Waals surface area contributed by atoms with Crippen molar-refractivity contribution in [2.75, 3.05) is 5.75 Å². The molecular formula is C20H22FN3O2S. The van der Waals surface area contributed by atoms with Gasteiger partial charge < -0.3 is 10.1 Å². The molecule has 0 aromatic heterocycles. The van der Waals surface area contributed by atoms with Crippen LogP contribution < -0.4 is 20.9 Å². The maximum absolute atomic E-state index is 13.7. The number of benzene rings is 2. The fourth-order valence-corrected chi connectivity index (χ4v) is 4.99. The minimum atomic E-state index is -0.262. The number of rotatable bonds is 4. The number of halogens is 1. The summed E-state index contributed by atoms with van der Waals surface area (Å²) in [6, 6.07) is 14.7. The second-order valence-corrected chi connectivity index (χ2v) is 8.01. The van der Waals surface area contributed by atoms with E-state index in [0.717, 1.165) is 5.56 Å². The first-order chi connectivity index (χ1) is 13.1. The quantitative estimate of drug-likeness (QED) is 0.753. The fraction of sp³-hybridized carbons (Fsp3) is 0.350. The van der Waals surface area contributed by atoms with Crippen molar-refractivity contribution in [2.24, 2.45) is 5.92 Å². The number of hydrazine groups is 1. The lowest BCUT2D eigenvalue weighted by Crippen LogP contribution is -2.46. The summed E-state index contributed by atoms with van der Waals surface area (Å²) in [7, 11) is 0. The van der Waals surface area contributed by atoms with Gasteiger partial charge in [0, 0.05) is 22.8 Å². The zero-order chi connectivity index (χ0) is 18.8. The second kappa shape index (κ2) is 7.88. The first-order valence-electron chi connectivity index (χ1n) is 9.00. The van der Waals surface area contributed by atoms with E-state index in [-0.39, 0.29) is 41.7 Å². The highest BCUT2D eigenvalue weighted by atomic mass is 32.2. The first-order valence-corrected chi connectivity index (χ1v) is 10.0. The normalized spacial score (nSPS) is 27.6. The smallest absolute Gasteiger partial charge is 0.231 e. The number of hydrogen-bond donors (Lipinski definition) is 3. The van der Waals surface area contributed by atoms with Crippen LogP contribution in [0, 0.1) is 11.7 Å². The Morgan fingerprint density at radius 3 is 2.70 bits per heavy atom.